The summed E-state index contributed by atoms with van der Waals surface area (Å²) >= 11 is 12.6. The highest BCUT2D eigenvalue weighted by Crippen LogP contribution is 2.42. The Labute approximate surface area is 208 Å². The molecule has 0 saturated heterocycles. The third kappa shape index (κ3) is 7.27. The molecule has 0 spiro atoms. The lowest BCUT2D eigenvalue weighted by atomic mass is 10.0. The molecule has 3 aromatic rings. The number of nitrogens with one attached hydrogen (secondary N) is 2. The van der Waals surface area contributed by atoms with Gasteiger partial charge in [0.15, 0.2) is 0 Å². The summed E-state index contributed by atoms with van der Waals surface area (Å²) in [4.78, 5) is 23.2. The van der Waals surface area contributed by atoms with Gasteiger partial charge in [0, 0.05) is 23.4 Å². The highest BCUT2D eigenvalue weighted by atomic mass is 35.5. The summed E-state index contributed by atoms with van der Waals surface area (Å²) in [6.45, 7) is 1.95. The molecule has 0 atom stereocenters. The number of carbonyl (C=O) groups is 2. The van der Waals surface area contributed by atoms with Gasteiger partial charge in [0.1, 0.15) is 5.75 Å². The Bertz CT molecular complexity index is 1240. The van der Waals surface area contributed by atoms with Gasteiger partial charge in [0.05, 0.1) is 16.5 Å². The van der Waals surface area contributed by atoms with Gasteiger partial charge in [-0.1, -0.05) is 59.6 Å². The van der Waals surface area contributed by atoms with Crippen LogP contribution in [-0.2, 0) is 17.8 Å². The van der Waals surface area contributed by atoms with Gasteiger partial charge >= 0.3 is 18.4 Å². The molecule has 0 saturated carbocycles. The summed E-state index contributed by atoms with van der Waals surface area (Å²) in [6.07, 6.45) is -4.99. The van der Waals surface area contributed by atoms with Crippen molar-refractivity contribution < 1.29 is 32.6 Å². The van der Waals surface area contributed by atoms with Crippen LogP contribution in [0.1, 0.15) is 16.7 Å². The van der Waals surface area contributed by atoms with E-state index in [-0.39, 0.29) is 39.8 Å². The van der Waals surface area contributed by atoms with Gasteiger partial charge in [-0.2, -0.15) is 0 Å². The second kappa shape index (κ2) is 10.9. The minimum atomic E-state index is -4.90. The minimum absolute atomic E-state index is 0.00988. The van der Waals surface area contributed by atoms with E-state index in [9.17, 15) is 22.8 Å². The Morgan fingerprint density at radius 2 is 1.69 bits per heavy atom. The average Bonchev–Trinajstić information content (AvgIpc) is 2.73. The smallest absolute Gasteiger partial charge is 0.481 e. The Morgan fingerprint density at radius 3 is 2.29 bits per heavy atom. The number of aliphatic carboxylic acids is 1. The minimum Gasteiger partial charge on any atom is -0.481 e. The first-order valence-electron chi connectivity index (χ1n) is 10.1. The summed E-state index contributed by atoms with van der Waals surface area (Å²) in [5, 5.41) is 14.2. The van der Waals surface area contributed by atoms with E-state index in [0.29, 0.717) is 5.56 Å². The summed E-state index contributed by atoms with van der Waals surface area (Å²) in [6, 6.07) is 12.8. The van der Waals surface area contributed by atoms with E-state index in [0.717, 1.165) is 17.2 Å². The summed E-state index contributed by atoms with van der Waals surface area (Å²) in [5.74, 6) is -1.40. The van der Waals surface area contributed by atoms with Crippen molar-refractivity contribution in [3.63, 3.8) is 0 Å². The molecular formula is C24H19Cl2F3N2O4. The van der Waals surface area contributed by atoms with E-state index in [1.807, 2.05) is 0 Å². The number of hydrogen-bond acceptors (Lipinski definition) is 3. The quantitative estimate of drug-likeness (QED) is 0.315. The molecule has 0 unspecified atom stereocenters. The molecule has 0 heterocycles. The number of para-hydroxylation sites is 1. The molecule has 3 aromatic carbocycles. The highest BCUT2D eigenvalue weighted by molar-refractivity contribution is 6.40. The molecule has 184 valence electrons. The zero-order chi connectivity index (χ0) is 25.8. The maximum Gasteiger partial charge on any atom is 0.573 e. The number of urea groups is 1. The zero-order valence-electron chi connectivity index (χ0n) is 18.2. The second-order valence-corrected chi connectivity index (χ2v) is 8.31. The number of carbonyl (C=O) groups excluding carboxylic acids is 1. The Hall–Kier alpha value is -3.43. The van der Waals surface area contributed by atoms with Crippen molar-refractivity contribution in [3.8, 4) is 16.9 Å². The number of amides is 2. The Morgan fingerprint density at radius 1 is 1.03 bits per heavy atom. The van der Waals surface area contributed by atoms with Crippen LogP contribution in [0.3, 0.4) is 0 Å². The topological polar surface area (TPSA) is 87.7 Å². The van der Waals surface area contributed by atoms with Gasteiger partial charge in [-0.25, -0.2) is 4.79 Å². The molecule has 2 amide bonds. The predicted molar refractivity (Wildman–Crippen MR) is 127 cm³/mol. The SMILES string of the molecule is Cc1cc(CNC(=O)Nc2cc(Cl)c(-c3ccccc3OC(F)(F)F)c(Cl)c2)ccc1CC(=O)O. The van der Waals surface area contributed by atoms with Gasteiger partial charge in [0.2, 0.25) is 0 Å². The molecular weight excluding hydrogens is 508 g/mol. The van der Waals surface area contributed by atoms with Crippen molar-refractivity contribution in [1.29, 1.82) is 0 Å². The third-order valence-corrected chi connectivity index (χ3v) is 5.48. The summed E-state index contributed by atoms with van der Waals surface area (Å²) < 4.78 is 42.4. The van der Waals surface area contributed by atoms with Crippen LogP contribution in [0.5, 0.6) is 5.75 Å². The number of hydrogen-bond donors (Lipinski definition) is 3. The molecule has 0 aliphatic carbocycles. The molecule has 0 radical (unpaired) electrons. The van der Waals surface area contributed by atoms with Crippen molar-refractivity contribution in [2.75, 3.05) is 5.32 Å². The van der Waals surface area contributed by atoms with Crippen LogP contribution in [-0.4, -0.2) is 23.5 Å². The van der Waals surface area contributed by atoms with E-state index in [4.69, 9.17) is 28.3 Å². The van der Waals surface area contributed by atoms with Crippen LogP contribution < -0.4 is 15.4 Å². The number of ether oxygens (including phenoxy) is 1. The lowest BCUT2D eigenvalue weighted by Crippen LogP contribution is -2.28. The fourth-order valence-corrected chi connectivity index (χ4v) is 4.07. The van der Waals surface area contributed by atoms with Gasteiger partial charge in [-0.3, -0.25) is 4.79 Å². The maximum absolute atomic E-state index is 12.8. The molecule has 6 nitrogen and oxygen atoms in total. The van der Waals surface area contributed by atoms with Crippen molar-refractivity contribution in [3.05, 3.63) is 81.3 Å². The van der Waals surface area contributed by atoms with Gasteiger partial charge in [-0.05, 0) is 41.8 Å². The number of alkyl halides is 3. The second-order valence-electron chi connectivity index (χ2n) is 7.50. The Kier molecular flexibility index (Phi) is 8.14. The monoisotopic (exact) mass is 526 g/mol. The zero-order valence-corrected chi connectivity index (χ0v) is 19.7. The number of carboxylic acids is 1. The van der Waals surface area contributed by atoms with E-state index < -0.39 is 24.1 Å². The Balaban J connectivity index is 1.71. The summed E-state index contributed by atoms with van der Waals surface area (Å²) in [7, 11) is 0. The number of anilines is 1. The molecule has 0 bridgehead atoms. The highest BCUT2D eigenvalue weighted by Gasteiger charge is 2.32. The first-order chi connectivity index (χ1) is 16.4. The van der Waals surface area contributed by atoms with Crippen LogP contribution in [0.15, 0.2) is 54.6 Å². The third-order valence-electron chi connectivity index (χ3n) is 4.88. The van der Waals surface area contributed by atoms with Crippen molar-refractivity contribution in [1.82, 2.24) is 5.32 Å². The van der Waals surface area contributed by atoms with Gasteiger partial charge in [0.25, 0.3) is 0 Å². The molecule has 3 N–H and O–H groups in total. The fourth-order valence-electron chi connectivity index (χ4n) is 3.38. The molecule has 0 aromatic heterocycles. The average molecular weight is 527 g/mol. The normalized spacial score (nSPS) is 11.1. The van der Waals surface area contributed by atoms with Crippen LogP contribution in [0.25, 0.3) is 11.1 Å². The van der Waals surface area contributed by atoms with Crippen molar-refractivity contribution in [2.45, 2.75) is 26.3 Å². The number of halogens is 5. The van der Waals surface area contributed by atoms with Crippen LogP contribution >= 0.6 is 23.2 Å². The summed E-state index contributed by atoms with van der Waals surface area (Å²) in [5.41, 5.74) is 2.62. The molecule has 0 aliphatic rings. The lowest BCUT2D eigenvalue weighted by molar-refractivity contribution is -0.274. The van der Waals surface area contributed by atoms with Crippen LogP contribution in [0, 0.1) is 6.92 Å². The maximum atomic E-state index is 12.8. The first-order valence-corrected chi connectivity index (χ1v) is 10.9. The van der Waals surface area contributed by atoms with Gasteiger partial charge in [-0.15, -0.1) is 13.2 Å². The number of carboxylic acid groups (broad SMARTS) is 1. The van der Waals surface area contributed by atoms with Gasteiger partial charge < -0.3 is 20.5 Å². The van der Waals surface area contributed by atoms with Crippen molar-refractivity contribution in [2.24, 2.45) is 0 Å². The molecule has 35 heavy (non-hydrogen) atoms. The number of aryl methyl sites for hydroxylation is 1. The van der Waals surface area contributed by atoms with Crippen LogP contribution in [0.4, 0.5) is 23.7 Å². The van der Waals surface area contributed by atoms with Crippen molar-refractivity contribution >= 4 is 40.9 Å². The fraction of sp³-hybridized carbons (Fsp3) is 0.167. The van der Waals surface area contributed by atoms with E-state index >= 15 is 0 Å². The number of benzene rings is 3. The van der Waals surface area contributed by atoms with E-state index in [1.165, 1.54) is 30.3 Å². The predicted octanol–water partition coefficient (Wildman–Crippen LogP) is 6.82. The largest absolute Gasteiger partial charge is 0.573 e. The van der Waals surface area contributed by atoms with E-state index in [2.05, 4.69) is 15.4 Å². The number of rotatable bonds is 7. The molecule has 11 heteroatoms. The molecule has 0 aliphatic heterocycles. The molecule has 0 fully saturated rings. The standard InChI is InChI=1S/C24H19Cl2F3N2O4/c1-13-8-14(6-7-15(13)9-21(32)33)12-30-23(34)31-16-10-18(25)22(19(26)11-16)17-4-2-3-5-20(17)35-24(27,28)29/h2-8,10-11H,9,12H2,1H3,(H,32,33)(H2,30,31,34). The lowest BCUT2D eigenvalue weighted by Gasteiger charge is -2.16. The van der Waals surface area contributed by atoms with Crippen LogP contribution in [0.2, 0.25) is 10.0 Å². The molecule has 3 rings (SSSR count). The van der Waals surface area contributed by atoms with E-state index in [1.54, 1.807) is 25.1 Å². The first kappa shape index (κ1) is 26.2.